The first-order chi connectivity index (χ1) is 9.65. The summed E-state index contributed by atoms with van der Waals surface area (Å²) in [5.74, 6) is 1.85. The summed E-state index contributed by atoms with van der Waals surface area (Å²) >= 11 is 1.61. The van der Waals surface area contributed by atoms with E-state index in [0.717, 1.165) is 23.6 Å². The van der Waals surface area contributed by atoms with Gasteiger partial charge in [-0.25, -0.2) is 0 Å². The Morgan fingerprint density at radius 1 is 1.55 bits per heavy atom. The molecule has 0 aliphatic heterocycles. The topological polar surface area (TPSA) is 55.1 Å². The van der Waals surface area contributed by atoms with Crippen LogP contribution in [0.5, 0.6) is 0 Å². The van der Waals surface area contributed by atoms with Gasteiger partial charge in [0.05, 0.1) is 4.88 Å². The number of fused-ring (bicyclic) bond motifs is 1. The van der Waals surface area contributed by atoms with Crippen molar-refractivity contribution >= 4 is 23.1 Å². The van der Waals surface area contributed by atoms with Crippen LogP contribution in [0.15, 0.2) is 16.7 Å². The minimum absolute atomic E-state index is 0.0919. The van der Waals surface area contributed by atoms with Gasteiger partial charge in [0.2, 0.25) is 0 Å². The molecule has 3 rings (SSSR count). The van der Waals surface area contributed by atoms with Crippen molar-refractivity contribution in [3.63, 3.8) is 0 Å². The Hall–Kier alpha value is -1.62. The number of hydrogen-bond donors (Lipinski definition) is 1. The van der Waals surface area contributed by atoms with E-state index in [4.69, 9.17) is 4.52 Å². The quantitative estimate of drug-likeness (QED) is 0.935. The molecule has 2 aromatic rings. The number of carbonyl (C=O) groups is 1. The number of anilines is 1. The molecule has 0 unspecified atom stereocenters. The summed E-state index contributed by atoms with van der Waals surface area (Å²) in [6, 6.07) is 3.77. The highest BCUT2D eigenvalue weighted by Crippen LogP contribution is 2.33. The second-order valence-electron chi connectivity index (χ2n) is 5.35. The number of amides is 1. The van der Waals surface area contributed by atoms with E-state index in [-0.39, 0.29) is 5.91 Å². The van der Waals surface area contributed by atoms with Crippen LogP contribution < -0.4 is 5.32 Å². The van der Waals surface area contributed by atoms with Gasteiger partial charge < -0.3 is 9.84 Å². The fraction of sp³-hybridized carbons (Fsp3) is 0.467. The van der Waals surface area contributed by atoms with Crippen LogP contribution in [0, 0.1) is 12.8 Å². The van der Waals surface area contributed by atoms with Crippen LogP contribution in [0.2, 0.25) is 0 Å². The number of aryl methyl sites for hydroxylation is 2. The number of nitrogens with one attached hydrogen (secondary N) is 1. The molecule has 0 fully saturated rings. The molecule has 0 radical (unpaired) electrons. The third kappa shape index (κ3) is 2.63. The minimum Gasteiger partial charge on any atom is -0.360 e. The Balaban J connectivity index is 1.74. The van der Waals surface area contributed by atoms with Crippen molar-refractivity contribution in [2.24, 2.45) is 5.92 Å². The lowest BCUT2D eigenvalue weighted by atomic mass is 9.87. The zero-order valence-electron chi connectivity index (χ0n) is 11.7. The summed E-state index contributed by atoms with van der Waals surface area (Å²) < 4.78 is 4.95. The van der Waals surface area contributed by atoms with E-state index in [9.17, 15) is 4.79 Å². The molecule has 0 bridgehead atoms. The average molecular weight is 290 g/mol. The van der Waals surface area contributed by atoms with Crippen LogP contribution in [-0.4, -0.2) is 11.1 Å². The standard InChI is InChI=1S/C15H18N2O2S/c1-3-10-4-5-12-11(7-10)8-13(20-12)15(18)16-14-6-9(2)19-17-14/h6,8,10H,3-5,7H2,1-2H3,(H,16,17,18)/t10-/m1/s1. The summed E-state index contributed by atoms with van der Waals surface area (Å²) in [6.45, 7) is 4.04. The van der Waals surface area contributed by atoms with Gasteiger partial charge in [0.1, 0.15) is 5.76 Å². The fourth-order valence-electron chi connectivity index (χ4n) is 2.66. The van der Waals surface area contributed by atoms with E-state index < -0.39 is 0 Å². The van der Waals surface area contributed by atoms with E-state index >= 15 is 0 Å². The normalized spacial score (nSPS) is 17.8. The van der Waals surface area contributed by atoms with Gasteiger partial charge in [0.15, 0.2) is 5.82 Å². The zero-order chi connectivity index (χ0) is 14.1. The van der Waals surface area contributed by atoms with Gasteiger partial charge >= 0.3 is 0 Å². The Bertz CT molecular complexity index is 630. The molecule has 1 aliphatic rings. The summed E-state index contributed by atoms with van der Waals surface area (Å²) in [7, 11) is 0. The minimum atomic E-state index is -0.0919. The molecule has 2 heterocycles. The highest BCUT2D eigenvalue weighted by Gasteiger charge is 2.22. The van der Waals surface area contributed by atoms with Gasteiger partial charge in [-0.3, -0.25) is 4.79 Å². The van der Waals surface area contributed by atoms with Crippen molar-refractivity contribution in [1.29, 1.82) is 0 Å². The molecule has 4 nitrogen and oxygen atoms in total. The van der Waals surface area contributed by atoms with Crippen LogP contribution >= 0.6 is 11.3 Å². The third-order valence-corrected chi connectivity index (χ3v) is 5.09. The first-order valence-corrected chi connectivity index (χ1v) is 7.83. The van der Waals surface area contributed by atoms with Gasteiger partial charge in [-0.1, -0.05) is 18.5 Å². The lowest BCUT2D eigenvalue weighted by Crippen LogP contribution is -2.11. The Morgan fingerprint density at radius 3 is 3.10 bits per heavy atom. The lowest BCUT2D eigenvalue weighted by molar-refractivity contribution is 0.102. The SMILES string of the molecule is CC[C@@H]1CCc2sc(C(=O)Nc3cc(C)on3)cc2C1. The molecular formula is C15H18N2O2S. The molecular weight excluding hydrogens is 272 g/mol. The number of rotatable bonds is 3. The van der Waals surface area contributed by atoms with E-state index in [0.29, 0.717) is 11.6 Å². The largest absolute Gasteiger partial charge is 0.360 e. The van der Waals surface area contributed by atoms with Crippen molar-refractivity contribution in [2.75, 3.05) is 5.32 Å². The van der Waals surface area contributed by atoms with Crippen molar-refractivity contribution < 1.29 is 9.32 Å². The monoisotopic (exact) mass is 290 g/mol. The van der Waals surface area contributed by atoms with Gasteiger partial charge in [-0.15, -0.1) is 11.3 Å². The highest BCUT2D eigenvalue weighted by molar-refractivity contribution is 7.14. The molecule has 0 spiro atoms. The zero-order valence-corrected chi connectivity index (χ0v) is 12.5. The molecule has 1 amide bonds. The second-order valence-corrected chi connectivity index (χ2v) is 6.49. The molecule has 5 heteroatoms. The lowest BCUT2D eigenvalue weighted by Gasteiger charge is -2.19. The van der Waals surface area contributed by atoms with E-state index in [1.165, 1.54) is 23.3 Å². The average Bonchev–Trinajstić information content (AvgIpc) is 3.03. The van der Waals surface area contributed by atoms with Crippen LogP contribution in [0.4, 0.5) is 5.82 Å². The molecule has 0 saturated carbocycles. The van der Waals surface area contributed by atoms with Crippen LogP contribution in [0.3, 0.4) is 0 Å². The van der Waals surface area contributed by atoms with Crippen molar-refractivity contribution in [1.82, 2.24) is 5.16 Å². The predicted molar refractivity (Wildman–Crippen MR) is 79.3 cm³/mol. The molecule has 0 aromatic carbocycles. The molecule has 106 valence electrons. The molecule has 0 saturated heterocycles. The van der Waals surface area contributed by atoms with Crippen molar-refractivity contribution in [2.45, 2.75) is 39.5 Å². The predicted octanol–water partition coefficient (Wildman–Crippen LogP) is 3.81. The number of nitrogens with zero attached hydrogens (tertiary/aromatic N) is 1. The van der Waals surface area contributed by atoms with Gasteiger partial charge in [0, 0.05) is 10.9 Å². The van der Waals surface area contributed by atoms with E-state index in [2.05, 4.69) is 17.4 Å². The van der Waals surface area contributed by atoms with E-state index in [1.54, 1.807) is 24.3 Å². The maximum Gasteiger partial charge on any atom is 0.266 e. The summed E-state index contributed by atoms with van der Waals surface area (Å²) in [5, 5.41) is 6.57. The number of carbonyl (C=O) groups excluding carboxylic acids is 1. The first-order valence-electron chi connectivity index (χ1n) is 7.02. The van der Waals surface area contributed by atoms with Crippen LogP contribution in [0.1, 0.15) is 45.6 Å². The molecule has 1 aliphatic carbocycles. The molecule has 2 aromatic heterocycles. The molecule has 1 atom stereocenters. The van der Waals surface area contributed by atoms with Crippen molar-refractivity contribution in [3.05, 3.63) is 33.2 Å². The number of hydrogen-bond acceptors (Lipinski definition) is 4. The summed E-state index contributed by atoms with van der Waals surface area (Å²) in [6.07, 6.45) is 4.68. The van der Waals surface area contributed by atoms with Gasteiger partial charge in [-0.05, 0) is 43.7 Å². The Labute approximate surface area is 122 Å². The Morgan fingerprint density at radius 2 is 2.40 bits per heavy atom. The summed E-state index contributed by atoms with van der Waals surface area (Å²) in [4.78, 5) is 14.4. The maximum absolute atomic E-state index is 12.2. The number of aromatic nitrogens is 1. The third-order valence-electron chi connectivity index (χ3n) is 3.86. The van der Waals surface area contributed by atoms with Crippen molar-refractivity contribution in [3.8, 4) is 0 Å². The van der Waals surface area contributed by atoms with Gasteiger partial charge in [0.25, 0.3) is 5.91 Å². The van der Waals surface area contributed by atoms with Gasteiger partial charge in [-0.2, -0.15) is 0 Å². The fourth-order valence-corrected chi connectivity index (χ4v) is 3.77. The molecule has 20 heavy (non-hydrogen) atoms. The highest BCUT2D eigenvalue weighted by atomic mass is 32.1. The van der Waals surface area contributed by atoms with Crippen LogP contribution in [0.25, 0.3) is 0 Å². The second kappa shape index (κ2) is 5.40. The maximum atomic E-state index is 12.2. The Kier molecular flexibility index (Phi) is 3.61. The smallest absolute Gasteiger partial charge is 0.266 e. The summed E-state index contributed by atoms with van der Waals surface area (Å²) in [5.41, 5.74) is 1.36. The van der Waals surface area contributed by atoms with Crippen LogP contribution in [-0.2, 0) is 12.8 Å². The molecule has 1 N–H and O–H groups in total. The first kappa shape index (κ1) is 13.4. The van der Waals surface area contributed by atoms with E-state index in [1.807, 2.05) is 6.07 Å². The number of thiophene rings is 1.